The highest BCUT2D eigenvalue weighted by Crippen LogP contribution is 2.30. The number of rotatable bonds is 4. The van der Waals surface area contributed by atoms with Gasteiger partial charge in [0.15, 0.2) is 11.5 Å². The highest BCUT2D eigenvalue weighted by Gasteiger charge is 2.17. The summed E-state index contributed by atoms with van der Waals surface area (Å²) in [5.74, 6) is -0.876. The van der Waals surface area contributed by atoms with Crippen LogP contribution >= 0.6 is 23.2 Å². The highest BCUT2D eigenvalue weighted by molar-refractivity contribution is 6.41. The van der Waals surface area contributed by atoms with E-state index >= 15 is 0 Å². The van der Waals surface area contributed by atoms with E-state index in [1.54, 1.807) is 0 Å². The van der Waals surface area contributed by atoms with Crippen LogP contribution in [0.4, 0.5) is 0 Å². The zero-order valence-electron chi connectivity index (χ0n) is 11.6. The van der Waals surface area contributed by atoms with E-state index in [-0.39, 0.29) is 32.9 Å². The van der Waals surface area contributed by atoms with Crippen molar-refractivity contribution in [3.8, 4) is 11.5 Å². The van der Waals surface area contributed by atoms with Crippen LogP contribution in [0.15, 0.2) is 24.3 Å². The Bertz CT molecular complexity index is 707. The first-order valence-corrected chi connectivity index (χ1v) is 6.74. The van der Waals surface area contributed by atoms with Crippen LogP contribution in [-0.4, -0.2) is 31.1 Å². The van der Waals surface area contributed by atoms with Crippen molar-refractivity contribution in [2.75, 3.05) is 14.2 Å². The van der Waals surface area contributed by atoms with Gasteiger partial charge in [0.1, 0.15) is 10.8 Å². The Kier molecular flexibility index (Phi) is 4.95. The molecule has 0 atom stereocenters. The SMILES string of the molecule is COC(=O)c1ccc(OC(=O)c2cc(Cl)c(Cl)[nH]2)c(OC)c1. The molecular formula is C14H11Cl2NO5. The number of ether oxygens (including phenoxy) is 3. The number of benzene rings is 1. The van der Waals surface area contributed by atoms with E-state index < -0.39 is 11.9 Å². The Morgan fingerprint density at radius 3 is 2.32 bits per heavy atom. The van der Waals surface area contributed by atoms with Crippen LogP contribution < -0.4 is 9.47 Å². The monoisotopic (exact) mass is 343 g/mol. The average molecular weight is 344 g/mol. The minimum absolute atomic E-state index is 0.0918. The van der Waals surface area contributed by atoms with Crippen LogP contribution in [0.1, 0.15) is 20.8 Å². The third-order valence-electron chi connectivity index (χ3n) is 2.73. The summed E-state index contributed by atoms with van der Waals surface area (Å²) in [5.41, 5.74) is 0.360. The van der Waals surface area contributed by atoms with Gasteiger partial charge in [0, 0.05) is 0 Å². The Labute approximate surface area is 135 Å². The zero-order valence-corrected chi connectivity index (χ0v) is 13.1. The molecule has 0 fully saturated rings. The first-order chi connectivity index (χ1) is 10.5. The van der Waals surface area contributed by atoms with Crippen molar-refractivity contribution >= 4 is 35.1 Å². The summed E-state index contributed by atoms with van der Waals surface area (Å²) in [6.45, 7) is 0. The maximum absolute atomic E-state index is 12.0. The molecule has 8 heteroatoms. The number of carbonyl (C=O) groups excluding carboxylic acids is 2. The number of esters is 2. The molecule has 0 aliphatic rings. The number of H-pyrrole nitrogens is 1. The van der Waals surface area contributed by atoms with Crippen LogP contribution in [-0.2, 0) is 4.74 Å². The lowest BCUT2D eigenvalue weighted by atomic mass is 10.2. The Morgan fingerprint density at radius 2 is 1.77 bits per heavy atom. The predicted octanol–water partition coefficient (Wildman–Crippen LogP) is 3.34. The van der Waals surface area contributed by atoms with E-state index in [1.165, 1.54) is 38.5 Å². The standard InChI is InChI=1S/C14H11Cl2NO5/c1-20-11-5-7(13(18)21-2)3-4-10(11)22-14(19)9-6-8(15)12(16)17-9/h3-6,17H,1-2H3. The van der Waals surface area contributed by atoms with Crippen molar-refractivity contribution in [3.05, 3.63) is 45.7 Å². The normalized spacial score (nSPS) is 10.2. The number of nitrogens with one attached hydrogen (secondary N) is 1. The second-order valence-electron chi connectivity index (χ2n) is 4.09. The van der Waals surface area contributed by atoms with E-state index in [2.05, 4.69) is 9.72 Å². The first-order valence-electron chi connectivity index (χ1n) is 5.98. The quantitative estimate of drug-likeness (QED) is 0.680. The fraction of sp³-hybridized carbons (Fsp3) is 0.143. The van der Waals surface area contributed by atoms with Crippen molar-refractivity contribution in [3.63, 3.8) is 0 Å². The van der Waals surface area contributed by atoms with Crippen LogP contribution in [0.2, 0.25) is 10.2 Å². The van der Waals surface area contributed by atoms with Gasteiger partial charge in [-0.25, -0.2) is 9.59 Å². The fourth-order valence-electron chi connectivity index (χ4n) is 1.67. The topological polar surface area (TPSA) is 77.6 Å². The van der Waals surface area contributed by atoms with Crippen molar-refractivity contribution in [2.24, 2.45) is 0 Å². The molecule has 1 aromatic heterocycles. The summed E-state index contributed by atoms with van der Waals surface area (Å²) < 4.78 is 14.9. The summed E-state index contributed by atoms with van der Waals surface area (Å²) in [6, 6.07) is 5.63. The number of hydrogen-bond acceptors (Lipinski definition) is 5. The molecule has 0 bridgehead atoms. The summed E-state index contributed by atoms with van der Waals surface area (Å²) >= 11 is 11.5. The number of hydrogen-bond donors (Lipinski definition) is 1. The van der Waals surface area contributed by atoms with Gasteiger partial charge >= 0.3 is 11.9 Å². The average Bonchev–Trinajstić information content (AvgIpc) is 2.86. The minimum atomic E-state index is -0.696. The number of aromatic amines is 1. The Balaban J connectivity index is 2.25. The lowest BCUT2D eigenvalue weighted by molar-refractivity contribution is 0.0600. The molecule has 0 saturated carbocycles. The largest absolute Gasteiger partial charge is 0.493 e. The van der Waals surface area contributed by atoms with Gasteiger partial charge in [0.25, 0.3) is 0 Å². The molecule has 22 heavy (non-hydrogen) atoms. The summed E-state index contributed by atoms with van der Waals surface area (Å²) in [4.78, 5) is 26.0. The Hall–Kier alpha value is -2.18. The van der Waals surface area contributed by atoms with Gasteiger partial charge < -0.3 is 19.2 Å². The molecule has 2 aromatic rings. The second-order valence-corrected chi connectivity index (χ2v) is 4.88. The summed E-state index contributed by atoms with van der Waals surface area (Å²) in [6.07, 6.45) is 0. The minimum Gasteiger partial charge on any atom is -0.493 e. The van der Waals surface area contributed by atoms with Crippen LogP contribution in [0.3, 0.4) is 0 Å². The van der Waals surface area contributed by atoms with E-state index in [0.29, 0.717) is 0 Å². The molecule has 2 rings (SSSR count). The molecule has 116 valence electrons. The first kappa shape index (κ1) is 16.2. The maximum Gasteiger partial charge on any atom is 0.360 e. The molecule has 0 radical (unpaired) electrons. The van der Waals surface area contributed by atoms with Crippen molar-refractivity contribution in [1.82, 2.24) is 4.98 Å². The van der Waals surface area contributed by atoms with E-state index in [4.69, 9.17) is 32.7 Å². The maximum atomic E-state index is 12.0. The number of halogens is 2. The molecule has 0 spiro atoms. The second kappa shape index (κ2) is 6.72. The number of aromatic nitrogens is 1. The smallest absolute Gasteiger partial charge is 0.360 e. The highest BCUT2D eigenvalue weighted by atomic mass is 35.5. The summed E-state index contributed by atoms with van der Waals surface area (Å²) in [5, 5.41) is 0.350. The molecule has 0 amide bonds. The Morgan fingerprint density at radius 1 is 1.05 bits per heavy atom. The molecule has 6 nitrogen and oxygen atoms in total. The fourth-order valence-corrected chi connectivity index (χ4v) is 1.98. The van der Waals surface area contributed by atoms with Gasteiger partial charge in [-0.1, -0.05) is 23.2 Å². The van der Waals surface area contributed by atoms with Gasteiger partial charge in [0.2, 0.25) is 0 Å². The van der Waals surface area contributed by atoms with E-state index in [1.807, 2.05) is 0 Å². The summed E-state index contributed by atoms with van der Waals surface area (Å²) in [7, 11) is 2.65. The molecule has 1 heterocycles. The molecule has 1 N–H and O–H groups in total. The predicted molar refractivity (Wildman–Crippen MR) is 80.1 cm³/mol. The van der Waals surface area contributed by atoms with Gasteiger partial charge in [-0.05, 0) is 24.3 Å². The van der Waals surface area contributed by atoms with Gasteiger partial charge in [-0.2, -0.15) is 0 Å². The van der Waals surface area contributed by atoms with Gasteiger partial charge in [-0.15, -0.1) is 0 Å². The van der Waals surface area contributed by atoms with E-state index in [0.717, 1.165) is 0 Å². The molecule has 0 aliphatic carbocycles. The van der Waals surface area contributed by atoms with Crippen LogP contribution in [0, 0.1) is 0 Å². The number of methoxy groups -OCH3 is 2. The third kappa shape index (κ3) is 3.35. The lowest BCUT2D eigenvalue weighted by Crippen LogP contribution is -2.10. The molecule has 0 unspecified atom stereocenters. The number of carbonyl (C=O) groups is 2. The molecule has 0 aliphatic heterocycles. The van der Waals surface area contributed by atoms with E-state index in [9.17, 15) is 9.59 Å². The molecular weight excluding hydrogens is 333 g/mol. The molecule has 1 aromatic carbocycles. The zero-order chi connectivity index (χ0) is 16.3. The van der Waals surface area contributed by atoms with Crippen LogP contribution in [0.25, 0.3) is 0 Å². The van der Waals surface area contributed by atoms with Gasteiger partial charge in [0.05, 0.1) is 24.8 Å². The van der Waals surface area contributed by atoms with Crippen molar-refractivity contribution in [1.29, 1.82) is 0 Å². The van der Waals surface area contributed by atoms with Crippen molar-refractivity contribution in [2.45, 2.75) is 0 Å². The lowest BCUT2D eigenvalue weighted by Gasteiger charge is -2.09. The van der Waals surface area contributed by atoms with Crippen molar-refractivity contribution < 1.29 is 23.8 Å². The van der Waals surface area contributed by atoms with Gasteiger partial charge in [-0.3, -0.25) is 0 Å². The van der Waals surface area contributed by atoms with Crippen LogP contribution in [0.5, 0.6) is 11.5 Å². The molecule has 0 saturated heterocycles. The third-order valence-corrected chi connectivity index (χ3v) is 3.43.